The SMILES string of the molecule is CCCCCC(=O)OP(C)(c1ccccc1)(c1ccccc1)c1ccccc1. The molecule has 0 heterocycles. The molecule has 0 fully saturated rings. The quantitative estimate of drug-likeness (QED) is 0.390. The molecule has 0 N–H and O–H groups in total. The zero-order valence-electron chi connectivity index (χ0n) is 16.8. The average Bonchev–Trinajstić information content (AvgIpc) is 2.76. The molecule has 0 aliphatic carbocycles. The molecule has 0 bridgehead atoms. The summed E-state index contributed by atoms with van der Waals surface area (Å²) in [7, 11) is 0. The van der Waals surface area contributed by atoms with Gasteiger partial charge in [-0.3, -0.25) is 0 Å². The van der Waals surface area contributed by atoms with Crippen molar-refractivity contribution in [2.45, 2.75) is 32.6 Å². The van der Waals surface area contributed by atoms with E-state index in [1.807, 2.05) is 54.6 Å². The number of carbonyl (C=O) groups excluding carboxylic acids is 1. The van der Waals surface area contributed by atoms with Crippen LogP contribution in [0.3, 0.4) is 0 Å². The van der Waals surface area contributed by atoms with Gasteiger partial charge in [0.15, 0.2) is 0 Å². The fraction of sp³-hybridized carbons (Fsp3) is 0.240. The number of hydrogen-bond acceptors (Lipinski definition) is 2. The van der Waals surface area contributed by atoms with Gasteiger partial charge in [-0.2, -0.15) is 0 Å². The number of hydrogen-bond donors (Lipinski definition) is 0. The Morgan fingerprint density at radius 1 is 0.714 bits per heavy atom. The maximum absolute atomic E-state index is 13.1. The molecule has 0 aliphatic heterocycles. The Balaban J connectivity index is 2.23. The third-order valence-corrected chi connectivity index (χ3v) is 10.7. The van der Waals surface area contributed by atoms with Crippen LogP contribution in [0.5, 0.6) is 0 Å². The summed E-state index contributed by atoms with van der Waals surface area (Å²) >= 11 is 0. The predicted octanol–water partition coefficient (Wildman–Crippen LogP) is 5.18. The van der Waals surface area contributed by atoms with Crippen LogP contribution in [0, 0.1) is 0 Å². The Hall–Kier alpha value is -2.44. The maximum atomic E-state index is 13.1. The summed E-state index contributed by atoms with van der Waals surface area (Å²) in [6.45, 7) is 0.887. The Morgan fingerprint density at radius 2 is 1.11 bits per heavy atom. The fourth-order valence-corrected chi connectivity index (χ4v) is 8.27. The summed E-state index contributed by atoms with van der Waals surface area (Å²) in [5, 5.41) is 3.19. The van der Waals surface area contributed by atoms with Gasteiger partial charge in [-0.25, -0.2) is 0 Å². The first-order chi connectivity index (χ1) is 13.6. The zero-order valence-corrected chi connectivity index (χ0v) is 17.6. The van der Waals surface area contributed by atoms with Crippen LogP contribution in [-0.4, -0.2) is 12.6 Å². The molecule has 0 saturated carbocycles. The molecule has 3 aromatic rings. The van der Waals surface area contributed by atoms with Gasteiger partial charge in [-0.1, -0.05) is 0 Å². The van der Waals surface area contributed by atoms with Crippen LogP contribution in [0.4, 0.5) is 0 Å². The Bertz CT molecular complexity index is 792. The van der Waals surface area contributed by atoms with Crippen molar-refractivity contribution < 1.29 is 9.32 Å². The summed E-state index contributed by atoms with van der Waals surface area (Å²) < 4.78 is 6.62. The molecule has 3 rings (SSSR count). The predicted molar refractivity (Wildman–Crippen MR) is 121 cm³/mol. The van der Waals surface area contributed by atoms with Crippen LogP contribution in [0.25, 0.3) is 0 Å². The van der Waals surface area contributed by atoms with E-state index >= 15 is 0 Å². The molecule has 146 valence electrons. The number of rotatable bonds is 8. The molecular formula is C25H29O2P. The molecule has 0 unspecified atom stereocenters. The van der Waals surface area contributed by atoms with E-state index in [0.29, 0.717) is 6.42 Å². The minimum atomic E-state index is -3.41. The Labute approximate surface area is 168 Å². The molecule has 0 radical (unpaired) electrons. The molecule has 2 nitrogen and oxygen atoms in total. The van der Waals surface area contributed by atoms with Crippen LogP contribution in [0.1, 0.15) is 32.6 Å². The molecule has 0 spiro atoms. The van der Waals surface area contributed by atoms with Crippen LogP contribution < -0.4 is 15.9 Å². The van der Waals surface area contributed by atoms with Crippen LogP contribution >= 0.6 is 6.83 Å². The number of unbranched alkanes of at least 4 members (excludes halogenated alkanes) is 2. The van der Waals surface area contributed by atoms with Crippen molar-refractivity contribution in [1.82, 2.24) is 0 Å². The average molecular weight is 392 g/mol. The van der Waals surface area contributed by atoms with Gasteiger partial charge in [0.05, 0.1) is 0 Å². The molecule has 0 atom stereocenters. The first-order valence-electron chi connectivity index (χ1n) is 10.0. The monoisotopic (exact) mass is 392 g/mol. The van der Waals surface area contributed by atoms with Crippen molar-refractivity contribution in [2.24, 2.45) is 0 Å². The van der Waals surface area contributed by atoms with E-state index < -0.39 is 6.83 Å². The van der Waals surface area contributed by atoms with Crippen molar-refractivity contribution in [3.8, 4) is 0 Å². The van der Waals surface area contributed by atoms with Crippen molar-refractivity contribution in [3.05, 3.63) is 91.0 Å². The summed E-state index contributed by atoms with van der Waals surface area (Å²) in [5.41, 5.74) is 0. The summed E-state index contributed by atoms with van der Waals surface area (Å²) in [6, 6.07) is 30.7. The van der Waals surface area contributed by atoms with Gasteiger partial charge in [0, 0.05) is 0 Å². The summed E-state index contributed by atoms with van der Waals surface area (Å²) in [4.78, 5) is 13.1. The van der Waals surface area contributed by atoms with Gasteiger partial charge >= 0.3 is 168 Å². The minimum absolute atomic E-state index is 0.120. The summed E-state index contributed by atoms with van der Waals surface area (Å²) in [5.74, 6) is -0.120. The molecule has 3 heteroatoms. The fourth-order valence-electron chi connectivity index (χ4n) is 3.79. The van der Waals surface area contributed by atoms with E-state index in [2.05, 4.69) is 50.0 Å². The van der Waals surface area contributed by atoms with E-state index in [1.54, 1.807) is 0 Å². The van der Waals surface area contributed by atoms with E-state index in [1.165, 1.54) is 0 Å². The molecular weight excluding hydrogens is 363 g/mol. The topological polar surface area (TPSA) is 26.3 Å². The van der Waals surface area contributed by atoms with Crippen molar-refractivity contribution in [3.63, 3.8) is 0 Å². The van der Waals surface area contributed by atoms with Gasteiger partial charge in [0.2, 0.25) is 0 Å². The summed E-state index contributed by atoms with van der Waals surface area (Å²) in [6.07, 6.45) is 3.43. The van der Waals surface area contributed by atoms with Crippen LogP contribution in [0.15, 0.2) is 91.0 Å². The van der Waals surface area contributed by atoms with Crippen LogP contribution in [-0.2, 0) is 9.32 Å². The molecule has 0 amide bonds. The second-order valence-corrected chi connectivity index (χ2v) is 12.0. The Kier molecular flexibility index (Phi) is 6.31. The molecule has 0 aromatic heterocycles. The van der Waals surface area contributed by atoms with Crippen molar-refractivity contribution >= 4 is 28.7 Å². The van der Waals surface area contributed by atoms with E-state index in [4.69, 9.17) is 4.52 Å². The molecule has 0 saturated heterocycles. The molecule has 0 aliphatic rings. The van der Waals surface area contributed by atoms with Crippen molar-refractivity contribution in [2.75, 3.05) is 6.66 Å². The van der Waals surface area contributed by atoms with Gasteiger partial charge in [0.25, 0.3) is 0 Å². The van der Waals surface area contributed by atoms with Gasteiger partial charge < -0.3 is 0 Å². The zero-order chi connectivity index (χ0) is 19.9. The van der Waals surface area contributed by atoms with Gasteiger partial charge in [0.1, 0.15) is 0 Å². The normalized spacial score (nSPS) is 12.7. The third-order valence-electron chi connectivity index (χ3n) is 5.45. The number of benzene rings is 3. The van der Waals surface area contributed by atoms with Gasteiger partial charge in [-0.15, -0.1) is 0 Å². The first-order valence-corrected chi connectivity index (χ1v) is 12.6. The van der Waals surface area contributed by atoms with E-state index in [-0.39, 0.29) is 5.97 Å². The van der Waals surface area contributed by atoms with Crippen LogP contribution in [0.2, 0.25) is 0 Å². The Morgan fingerprint density at radius 3 is 1.46 bits per heavy atom. The van der Waals surface area contributed by atoms with E-state index in [0.717, 1.165) is 35.2 Å². The van der Waals surface area contributed by atoms with Crippen molar-refractivity contribution in [1.29, 1.82) is 0 Å². The van der Waals surface area contributed by atoms with Gasteiger partial charge in [-0.05, 0) is 0 Å². The first kappa shape index (κ1) is 20.3. The number of carbonyl (C=O) groups is 1. The second kappa shape index (κ2) is 8.71. The third kappa shape index (κ3) is 3.75. The molecule has 3 aromatic carbocycles. The van der Waals surface area contributed by atoms with E-state index in [9.17, 15) is 4.79 Å². The standard InChI is InChI=1S/C25H29O2P/c1-3-4-8-21-25(26)27-28(2,22-15-9-5-10-16-22,23-17-11-6-12-18-23)24-19-13-7-14-20-24/h5-7,9-20H,3-4,8,21H2,1-2H3. The molecule has 28 heavy (non-hydrogen) atoms. The second-order valence-electron chi connectivity index (χ2n) is 7.39.